The fourth-order valence-corrected chi connectivity index (χ4v) is 1.55. The Hall–Kier alpha value is -1.36. The lowest BCUT2D eigenvalue weighted by Crippen LogP contribution is -2.40. The van der Waals surface area contributed by atoms with Crippen molar-refractivity contribution in [1.82, 2.24) is 9.55 Å². The summed E-state index contributed by atoms with van der Waals surface area (Å²) in [7, 11) is 1.26. The second-order valence-electron chi connectivity index (χ2n) is 3.99. The van der Waals surface area contributed by atoms with Crippen LogP contribution in [0.3, 0.4) is 0 Å². The number of carbonyl (C=O) groups excluding carboxylic acids is 1. The number of esters is 1. The van der Waals surface area contributed by atoms with Crippen molar-refractivity contribution in [3.8, 4) is 0 Å². The molecule has 5 heteroatoms. The molecule has 1 atom stereocenters. The minimum atomic E-state index is -1.52. The highest BCUT2D eigenvalue weighted by Crippen LogP contribution is 2.12. The molecule has 1 unspecified atom stereocenters. The van der Waals surface area contributed by atoms with Crippen LogP contribution in [0.4, 0.5) is 0 Å². The summed E-state index contributed by atoms with van der Waals surface area (Å²) in [5.74, 6) is 0.232. The van der Waals surface area contributed by atoms with Crippen LogP contribution < -0.4 is 0 Å². The van der Waals surface area contributed by atoms with Crippen LogP contribution in [0.25, 0.3) is 0 Å². The molecular weight excluding hydrogens is 208 g/mol. The minimum Gasteiger partial charge on any atom is -0.467 e. The SMILES string of the molecule is CCCc1nccn1CC(C)(O)C(=O)OC. The van der Waals surface area contributed by atoms with Gasteiger partial charge in [-0.25, -0.2) is 9.78 Å². The highest BCUT2D eigenvalue weighted by Gasteiger charge is 2.32. The molecule has 5 nitrogen and oxygen atoms in total. The smallest absolute Gasteiger partial charge is 0.339 e. The number of aromatic nitrogens is 2. The van der Waals surface area contributed by atoms with Gasteiger partial charge in [-0.3, -0.25) is 0 Å². The van der Waals surface area contributed by atoms with E-state index in [0.29, 0.717) is 0 Å². The fourth-order valence-electron chi connectivity index (χ4n) is 1.55. The van der Waals surface area contributed by atoms with Crippen LogP contribution in [0.15, 0.2) is 12.4 Å². The van der Waals surface area contributed by atoms with Crippen LogP contribution in [0.2, 0.25) is 0 Å². The Morgan fingerprint density at radius 1 is 1.69 bits per heavy atom. The van der Waals surface area contributed by atoms with Gasteiger partial charge in [0.25, 0.3) is 0 Å². The first-order chi connectivity index (χ1) is 7.51. The fraction of sp³-hybridized carbons (Fsp3) is 0.636. The normalized spacial score (nSPS) is 14.5. The zero-order valence-corrected chi connectivity index (χ0v) is 9.93. The third-order valence-corrected chi connectivity index (χ3v) is 2.38. The lowest BCUT2D eigenvalue weighted by Gasteiger charge is -2.21. The maximum absolute atomic E-state index is 11.3. The number of aliphatic hydroxyl groups is 1. The van der Waals surface area contributed by atoms with E-state index < -0.39 is 11.6 Å². The lowest BCUT2D eigenvalue weighted by atomic mass is 10.1. The molecule has 1 heterocycles. The van der Waals surface area contributed by atoms with Gasteiger partial charge in [0.15, 0.2) is 5.60 Å². The highest BCUT2D eigenvalue weighted by atomic mass is 16.5. The predicted molar refractivity (Wildman–Crippen MR) is 58.9 cm³/mol. The summed E-state index contributed by atoms with van der Waals surface area (Å²) in [6.07, 6.45) is 5.21. The second-order valence-corrected chi connectivity index (χ2v) is 3.99. The van der Waals surface area contributed by atoms with Crippen LogP contribution in [0.5, 0.6) is 0 Å². The Morgan fingerprint density at radius 3 is 2.94 bits per heavy atom. The Labute approximate surface area is 95.1 Å². The Morgan fingerprint density at radius 2 is 2.38 bits per heavy atom. The molecule has 0 saturated carbocycles. The molecule has 0 radical (unpaired) electrons. The van der Waals surface area contributed by atoms with Gasteiger partial charge in [0.1, 0.15) is 5.82 Å². The number of hydrogen-bond acceptors (Lipinski definition) is 4. The Balaban J connectivity index is 2.79. The van der Waals surface area contributed by atoms with Crippen LogP contribution in [-0.4, -0.2) is 33.3 Å². The summed E-state index contributed by atoms with van der Waals surface area (Å²) < 4.78 is 6.32. The number of rotatable bonds is 5. The van der Waals surface area contributed by atoms with Crippen molar-refractivity contribution in [2.75, 3.05) is 7.11 Å². The molecule has 0 aliphatic heterocycles. The molecule has 0 spiro atoms. The van der Waals surface area contributed by atoms with Crippen LogP contribution in [0.1, 0.15) is 26.1 Å². The molecule has 0 amide bonds. The van der Waals surface area contributed by atoms with Crippen molar-refractivity contribution >= 4 is 5.97 Å². The molecule has 0 bridgehead atoms. The first-order valence-electron chi connectivity index (χ1n) is 5.32. The van der Waals surface area contributed by atoms with Crippen molar-refractivity contribution in [3.05, 3.63) is 18.2 Å². The predicted octanol–water partition coefficient (Wildman–Crippen LogP) is 0.760. The Kier molecular flexibility index (Phi) is 4.06. The number of hydrogen-bond donors (Lipinski definition) is 1. The average molecular weight is 226 g/mol. The summed E-state index contributed by atoms with van der Waals surface area (Å²) >= 11 is 0. The van der Waals surface area contributed by atoms with E-state index in [4.69, 9.17) is 0 Å². The minimum absolute atomic E-state index is 0.162. The average Bonchev–Trinajstić information content (AvgIpc) is 2.64. The first-order valence-corrected chi connectivity index (χ1v) is 5.32. The molecule has 16 heavy (non-hydrogen) atoms. The van der Waals surface area contributed by atoms with Gasteiger partial charge in [0.2, 0.25) is 0 Å². The van der Waals surface area contributed by atoms with Crippen molar-refractivity contribution in [3.63, 3.8) is 0 Å². The van der Waals surface area contributed by atoms with Crippen LogP contribution in [-0.2, 0) is 22.5 Å². The van der Waals surface area contributed by atoms with Crippen molar-refractivity contribution < 1.29 is 14.6 Å². The molecule has 0 aliphatic carbocycles. The topological polar surface area (TPSA) is 64.3 Å². The molecule has 90 valence electrons. The largest absolute Gasteiger partial charge is 0.467 e. The molecule has 1 N–H and O–H groups in total. The zero-order chi connectivity index (χ0) is 12.2. The number of imidazole rings is 1. The molecule has 0 fully saturated rings. The number of methoxy groups -OCH3 is 1. The van der Waals surface area contributed by atoms with E-state index in [9.17, 15) is 9.90 Å². The van der Waals surface area contributed by atoms with Gasteiger partial charge in [-0.1, -0.05) is 6.92 Å². The molecule has 0 aliphatic rings. The summed E-state index contributed by atoms with van der Waals surface area (Å²) in [5.41, 5.74) is -1.52. The van der Waals surface area contributed by atoms with Crippen molar-refractivity contribution in [1.29, 1.82) is 0 Å². The van der Waals surface area contributed by atoms with Crippen LogP contribution >= 0.6 is 0 Å². The van der Waals surface area contributed by atoms with Gasteiger partial charge in [-0.2, -0.15) is 0 Å². The van der Waals surface area contributed by atoms with E-state index in [-0.39, 0.29) is 6.54 Å². The third-order valence-electron chi connectivity index (χ3n) is 2.38. The number of nitrogens with zero attached hydrogens (tertiary/aromatic N) is 2. The maximum Gasteiger partial charge on any atom is 0.339 e. The quantitative estimate of drug-likeness (QED) is 0.753. The van der Waals surface area contributed by atoms with E-state index in [1.807, 2.05) is 0 Å². The summed E-state index contributed by atoms with van der Waals surface area (Å²) in [4.78, 5) is 15.5. The maximum atomic E-state index is 11.3. The van der Waals surface area contributed by atoms with Gasteiger partial charge in [0, 0.05) is 18.8 Å². The van der Waals surface area contributed by atoms with Crippen LogP contribution in [0, 0.1) is 0 Å². The van der Waals surface area contributed by atoms with E-state index in [1.165, 1.54) is 14.0 Å². The summed E-state index contributed by atoms with van der Waals surface area (Å²) in [6, 6.07) is 0. The molecule has 0 saturated heterocycles. The molecule has 0 aromatic carbocycles. The standard InChI is InChI=1S/C11H18N2O3/c1-4-5-9-12-6-7-13(9)8-11(2,15)10(14)16-3/h6-7,15H,4-5,8H2,1-3H3. The Bertz CT molecular complexity index is 358. The van der Waals surface area contributed by atoms with Crippen molar-refractivity contribution in [2.24, 2.45) is 0 Å². The lowest BCUT2D eigenvalue weighted by molar-refractivity contribution is -0.161. The first kappa shape index (κ1) is 12.7. The van der Waals surface area contributed by atoms with E-state index in [0.717, 1.165) is 18.7 Å². The number of aryl methyl sites for hydroxylation is 1. The second kappa shape index (κ2) is 5.12. The number of carbonyl (C=O) groups is 1. The van der Waals surface area contributed by atoms with E-state index in [2.05, 4.69) is 16.6 Å². The van der Waals surface area contributed by atoms with Gasteiger partial charge < -0.3 is 14.4 Å². The molecule has 1 rings (SSSR count). The van der Waals surface area contributed by atoms with Gasteiger partial charge in [-0.05, 0) is 13.3 Å². The van der Waals surface area contributed by atoms with Crippen molar-refractivity contribution in [2.45, 2.75) is 38.8 Å². The third kappa shape index (κ3) is 2.82. The van der Waals surface area contributed by atoms with Gasteiger partial charge in [0.05, 0.1) is 13.7 Å². The zero-order valence-electron chi connectivity index (χ0n) is 9.93. The van der Waals surface area contributed by atoms with E-state index in [1.54, 1.807) is 17.0 Å². The van der Waals surface area contributed by atoms with Gasteiger partial charge in [-0.15, -0.1) is 0 Å². The molecule has 1 aromatic rings. The summed E-state index contributed by atoms with van der Waals surface area (Å²) in [5, 5.41) is 9.92. The summed E-state index contributed by atoms with van der Waals surface area (Å²) in [6.45, 7) is 3.65. The molecular formula is C11H18N2O3. The van der Waals surface area contributed by atoms with E-state index >= 15 is 0 Å². The number of ether oxygens (including phenoxy) is 1. The van der Waals surface area contributed by atoms with Gasteiger partial charge >= 0.3 is 5.97 Å². The molecule has 1 aromatic heterocycles. The highest BCUT2D eigenvalue weighted by molar-refractivity contribution is 5.78. The monoisotopic (exact) mass is 226 g/mol.